The van der Waals surface area contributed by atoms with Gasteiger partial charge in [-0.1, -0.05) is 19.1 Å². The number of Topliss-reactive ketones (excluding diaryl/α,β-unsaturated/α-hetero) is 1. The van der Waals surface area contributed by atoms with Gasteiger partial charge in [-0.15, -0.1) is 0 Å². The second-order valence-electron chi connectivity index (χ2n) is 8.43. The van der Waals surface area contributed by atoms with Gasteiger partial charge in [0.25, 0.3) is 0 Å². The van der Waals surface area contributed by atoms with Gasteiger partial charge in [-0.3, -0.25) is 14.6 Å². The van der Waals surface area contributed by atoms with Crippen molar-refractivity contribution in [1.82, 2.24) is 9.55 Å². The fraction of sp³-hybridized carbons (Fsp3) is 0.385. The fourth-order valence-corrected chi connectivity index (χ4v) is 4.15. The molecule has 0 aliphatic rings. The first-order valence-electron chi connectivity index (χ1n) is 11.1. The Kier molecular flexibility index (Phi) is 8.34. The number of hydrogen-bond acceptors (Lipinski definition) is 5. The first-order valence-corrected chi connectivity index (χ1v) is 11.1. The molecule has 1 atom stereocenters. The Balaban J connectivity index is 1.63. The predicted octanol–water partition coefficient (Wildman–Crippen LogP) is 4.67. The Morgan fingerprint density at radius 3 is 2.82 bits per heavy atom. The summed E-state index contributed by atoms with van der Waals surface area (Å²) >= 11 is 0. The predicted molar refractivity (Wildman–Crippen MR) is 125 cm³/mol. The molecule has 0 unspecified atom stereocenters. The summed E-state index contributed by atoms with van der Waals surface area (Å²) in [6, 6.07) is 11.4. The van der Waals surface area contributed by atoms with Crippen molar-refractivity contribution in [3.05, 3.63) is 65.1 Å². The summed E-state index contributed by atoms with van der Waals surface area (Å²) in [6.07, 6.45) is 5.99. The van der Waals surface area contributed by atoms with Crippen LogP contribution in [0.15, 0.2) is 42.7 Å². The average molecular weight is 448 g/mol. The number of rotatable bonds is 12. The number of aromatic nitrogens is 2. The van der Waals surface area contributed by atoms with Crippen molar-refractivity contribution < 1.29 is 19.4 Å². The Labute approximate surface area is 193 Å². The van der Waals surface area contributed by atoms with Crippen molar-refractivity contribution in [2.75, 3.05) is 6.61 Å². The molecule has 0 saturated heterocycles. The van der Waals surface area contributed by atoms with E-state index in [-0.39, 0.29) is 24.5 Å². The van der Waals surface area contributed by atoms with E-state index >= 15 is 0 Å². The van der Waals surface area contributed by atoms with Gasteiger partial charge in [0.1, 0.15) is 0 Å². The average Bonchev–Trinajstić information content (AvgIpc) is 3.07. The normalized spacial score (nSPS) is 11.9. The van der Waals surface area contributed by atoms with Crippen molar-refractivity contribution in [2.45, 2.75) is 45.6 Å². The molecule has 0 aliphatic heterocycles. The van der Waals surface area contributed by atoms with Gasteiger partial charge in [-0.05, 0) is 48.9 Å². The van der Waals surface area contributed by atoms with Crippen LogP contribution >= 0.6 is 0 Å². The van der Waals surface area contributed by atoms with Crippen LogP contribution in [-0.2, 0) is 29.6 Å². The van der Waals surface area contributed by atoms with Crippen LogP contribution in [0.2, 0.25) is 0 Å². The van der Waals surface area contributed by atoms with Crippen LogP contribution in [0.25, 0.3) is 10.9 Å². The zero-order chi connectivity index (χ0) is 23.8. The number of aliphatic carboxylic acids is 1. The first-order chi connectivity index (χ1) is 15.9. The number of nitrogens with zero attached hydrogens (tertiary/aromatic N) is 3. The number of pyridine rings is 1. The third kappa shape index (κ3) is 6.27. The lowest BCUT2D eigenvalue weighted by atomic mass is 9.95. The number of carbonyl (C=O) groups excluding carboxylic acids is 1. The molecular weight excluding hydrogens is 418 g/mol. The number of carboxylic acid groups (broad SMARTS) is 1. The third-order valence-corrected chi connectivity index (χ3v) is 5.74. The lowest BCUT2D eigenvalue weighted by molar-refractivity contribution is -0.137. The van der Waals surface area contributed by atoms with Crippen molar-refractivity contribution in [1.29, 1.82) is 5.26 Å². The number of carboxylic acids is 1. The molecule has 0 radical (unpaired) electrons. The second-order valence-corrected chi connectivity index (χ2v) is 8.43. The molecule has 2 heterocycles. The Bertz CT molecular complexity index is 1180. The standard InChI is InChI=1S/C26H29N3O4/c1-18(13-25(31)32)12-24(30)26-21-16-28-10-9-22(21)29(2)23(26)8-3-4-11-33-17-20-7-5-6-19(14-20)15-27/h5-7,9-10,14,16,18H,3-4,8,11-13,17H2,1-2H3,(H,31,32)/t18-/m0/s1. The largest absolute Gasteiger partial charge is 0.481 e. The lowest BCUT2D eigenvalue weighted by Crippen LogP contribution is -2.12. The van der Waals surface area contributed by atoms with E-state index in [1.54, 1.807) is 25.4 Å². The van der Waals surface area contributed by atoms with Crippen molar-refractivity contribution in [2.24, 2.45) is 13.0 Å². The van der Waals surface area contributed by atoms with Gasteiger partial charge in [0.05, 0.1) is 23.8 Å². The Morgan fingerprint density at radius 2 is 2.06 bits per heavy atom. The highest BCUT2D eigenvalue weighted by Gasteiger charge is 2.23. The molecule has 0 saturated carbocycles. The Morgan fingerprint density at radius 1 is 1.24 bits per heavy atom. The zero-order valence-corrected chi connectivity index (χ0v) is 19.1. The minimum Gasteiger partial charge on any atom is -0.481 e. The number of fused-ring (bicyclic) bond motifs is 1. The molecule has 0 spiro atoms. The number of benzene rings is 1. The molecule has 33 heavy (non-hydrogen) atoms. The van der Waals surface area contributed by atoms with Crippen LogP contribution in [0.4, 0.5) is 0 Å². The molecule has 0 amide bonds. The minimum atomic E-state index is -0.894. The molecule has 1 N–H and O–H groups in total. The fourth-order valence-electron chi connectivity index (χ4n) is 4.15. The SMILES string of the molecule is C[C@H](CC(=O)O)CC(=O)c1c(CCCCOCc2cccc(C#N)c2)n(C)c2ccncc12. The molecule has 3 rings (SSSR count). The van der Waals surface area contributed by atoms with E-state index in [0.717, 1.165) is 35.0 Å². The van der Waals surface area contributed by atoms with Gasteiger partial charge >= 0.3 is 5.97 Å². The molecule has 7 heteroatoms. The maximum absolute atomic E-state index is 13.1. The van der Waals surface area contributed by atoms with E-state index in [4.69, 9.17) is 15.1 Å². The highest BCUT2D eigenvalue weighted by atomic mass is 16.5. The van der Waals surface area contributed by atoms with Crippen molar-refractivity contribution in [3.8, 4) is 6.07 Å². The van der Waals surface area contributed by atoms with Gasteiger partial charge in [0, 0.05) is 55.5 Å². The van der Waals surface area contributed by atoms with Crippen LogP contribution in [0.5, 0.6) is 0 Å². The molecular formula is C26H29N3O4. The number of unbranched alkanes of at least 4 members (excludes halogenated alkanes) is 1. The number of carbonyl (C=O) groups is 2. The molecule has 7 nitrogen and oxygen atoms in total. The van der Waals surface area contributed by atoms with Crippen LogP contribution in [0, 0.1) is 17.2 Å². The minimum absolute atomic E-state index is 0.0291. The monoisotopic (exact) mass is 447 g/mol. The summed E-state index contributed by atoms with van der Waals surface area (Å²) in [5, 5.41) is 18.8. The number of hydrogen-bond donors (Lipinski definition) is 1. The van der Waals surface area contributed by atoms with Gasteiger partial charge in [-0.2, -0.15) is 5.26 Å². The van der Waals surface area contributed by atoms with Gasteiger partial charge in [0.2, 0.25) is 0 Å². The van der Waals surface area contributed by atoms with E-state index in [2.05, 4.69) is 11.1 Å². The summed E-state index contributed by atoms with van der Waals surface area (Å²) in [6.45, 7) is 2.83. The number of nitriles is 1. The zero-order valence-electron chi connectivity index (χ0n) is 19.1. The second kappa shape index (κ2) is 11.4. The molecule has 1 aromatic carbocycles. The lowest BCUT2D eigenvalue weighted by Gasteiger charge is -2.11. The van der Waals surface area contributed by atoms with Crippen LogP contribution in [0.3, 0.4) is 0 Å². The van der Waals surface area contributed by atoms with E-state index in [1.807, 2.05) is 35.9 Å². The first kappa shape index (κ1) is 24.1. The molecule has 0 bridgehead atoms. The number of ether oxygens (including phenoxy) is 1. The topological polar surface area (TPSA) is 105 Å². The highest BCUT2D eigenvalue weighted by Crippen LogP contribution is 2.28. The maximum atomic E-state index is 13.1. The smallest absolute Gasteiger partial charge is 0.303 e. The van der Waals surface area contributed by atoms with E-state index in [0.29, 0.717) is 30.8 Å². The van der Waals surface area contributed by atoms with Gasteiger partial charge in [-0.25, -0.2) is 0 Å². The summed E-state index contributed by atoms with van der Waals surface area (Å²) in [7, 11) is 1.95. The third-order valence-electron chi connectivity index (χ3n) is 5.74. The Hall–Kier alpha value is -3.50. The molecule has 172 valence electrons. The van der Waals surface area contributed by atoms with E-state index < -0.39 is 5.97 Å². The van der Waals surface area contributed by atoms with Crippen molar-refractivity contribution in [3.63, 3.8) is 0 Å². The van der Waals surface area contributed by atoms with E-state index in [9.17, 15) is 9.59 Å². The summed E-state index contributed by atoms with van der Waals surface area (Å²) in [4.78, 5) is 28.4. The summed E-state index contributed by atoms with van der Waals surface area (Å²) in [5.74, 6) is -1.16. The van der Waals surface area contributed by atoms with Gasteiger partial charge in [0.15, 0.2) is 5.78 Å². The highest BCUT2D eigenvalue weighted by molar-refractivity contribution is 6.09. The molecule has 0 aliphatic carbocycles. The molecule has 2 aromatic heterocycles. The maximum Gasteiger partial charge on any atom is 0.303 e. The van der Waals surface area contributed by atoms with Crippen molar-refractivity contribution >= 4 is 22.7 Å². The van der Waals surface area contributed by atoms with Crippen LogP contribution in [0.1, 0.15) is 59.8 Å². The number of aryl methyl sites for hydroxylation is 1. The molecule has 0 fully saturated rings. The van der Waals surface area contributed by atoms with Gasteiger partial charge < -0.3 is 14.4 Å². The summed E-state index contributed by atoms with van der Waals surface area (Å²) in [5.41, 5.74) is 4.15. The number of ketones is 1. The quantitative estimate of drug-likeness (QED) is 0.320. The van der Waals surface area contributed by atoms with E-state index in [1.165, 1.54) is 0 Å². The molecule has 3 aromatic rings. The summed E-state index contributed by atoms with van der Waals surface area (Å²) < 4.78 is 7.81. The van der Waals surface area contributed by atoms with Crippen LogP contribution in [-0.4, -0.2) is 33.0 Å². The van der Waals surface area contributed by atoms with Crippen LogP contribution < -0.4 is 0 Å².